The van der Waals surface area contributed by atoms with Crippen LogP contribution in [0.15, 0.2) is 65.9 Å². The molecule has 0 unspecified atom stereocenters. The minimum absolute atomic E-state index is 0.157. The Kier molecular flexibility index (Phi) is 6.63. The highest BCUT2D eigenvalue weighted by atomic mass is 16.5. The van der Waals surface area contributed by atoms with Crippen LogP contribution in [0.5, 0.6) is 5.75 Å². The van der Waals surface area contributed by atoms with Crippen molar-refractivity contribution >= 4 is 28.9 Å². The molecule has 0 atom stereocenters. The van der Waals surface area contributed by atoms with E-state index < -0.39 is 5.91 Å². The minimum atomic E-state index is -0.415. The highest BCUT2D eigenvalue weighted by molar-refractivity contribution is 5.99. The lowest BCUT2D eigenvalue weighted by Gasteiger charge is -2.08. The number of carbonyl (C=O) groups is 2. The van der Waals surface area contributed by atoms with Crippen LogP contribution in [0.1, 0.15) is 25.5 Å². The molecule has 0 aliphatic heterocycles. The highest BCUT2D eigenvalue weighted by Gasteiger charge is 2.09. The fourth-order valence-electron chi connectivity index (χ4n) is 2.87. The molecule has 0 aliphatic rings. The minimum Gasteiger partial charge on any atom is -0.484 e. The van der Waals surface area contributed by atoms with Crippen molar-refractivity contribution in [3.8, 4) is 5.75 Å². The fraction of sp³-hybridized carbons (Fsp3) is 0.227. The van der Waals surface area contributed by atoms with Crippen molar-refractivity contribution in [2.24, 2.45) is 5.10 Å². The fourth-order valence-corrected chi connectivity index (χ4v) is 2.87. The Hall–Kier alpha value is -3.61. The van der Waals surface area contributed by atoms with Gasteiger partial charge < -0.3 is 14.6 Å². The van der Waals surface area contributed by atoms with Gasteiger partial charge in [-0.25, -0.2) is 5.43 Å². The number of rotatable bonds is 8. The number of para-hydroxylation sites is 2. The van der Waals surface area contributed by atoms with E-state index in [1.807, 2.05) is 42.6 Å². The number of ether oxygens (including phenoxy) is 1. The summed E-state index contributed by atoms with van der Waals surface area (Å²) < 4.78 is 7.48. The summed E-state index contributed by atoms with van der Waals surface area (Å²) in [6.07, 6.45) is 3.62. The zero-order chi connectivity index (χ0) is 20.6. The van der Waals surface area contributed by atoms with Crippen molar-refractivity contribution in [3.05, 3.63) is 66.4 Å². The van der Waals surface area contributed by atoms with Crippen molar-refractivity contribution in [3.63, 3.8) is 0 Å². The number of fused-ring (bicyclic) bond motifs is 1. The summed E-state index contributed by atoms with van der Waals surface area (Å²) in [5.74, 6) is -0.202. The molecule has 2 aromatic carbocycles. The van der Waals surface area contributed by atoms with Crippen molar-refractivity contribution in [1.82, 2.24) is 15.3 Å². The van der Waals surface area contributed by atoms with E-state index in [1.165, 1.54) is 0 Å². The predicted octanol–water partition coefficient (Wildman–Crippen LogP) is 2.87. The van der Waals surface area contributed by atoms with Gasteiger partial charge in [0.05, 0.1) is 12.8 Å². The molecule has 3 rings (SSSR count). The molecule has 0 saturated carbocycles. The van der Waals surface area contributed by atoms with E-state index >= 15 is 0 Å². The first-order chi connectivity index (χ1) is 14.0. The normalized spacial score (nSPS) is 11.1. The second-order valence-electron chi connectivity index (χ2n) is 6.77. The summed E-state index contributed by atoms with van der Waals surface area (Å²) in [5, 5.41) is 7.57. The monoisotopic (exact) mass is 392 g/mol. The Labute approximate surface area is 169 Å². The smallest absolute Gasteiger partial charge is 0.259 e. The van der Waals surface area contributed by atoms with Gasteiger partial charge in [0.2, 0.25) is 0 Å². The number of hydrazone groups is 1. The van der Waals surface area contributed by atoms with Crippen molar-refractivity contribution in [2.45, 2.75) is 19.9 Å². The summed E-state index contributed by atoms with van der Waals surface area (Å²) in [6.45, 7) is 3.88. The molecule has 3 aromatic rings. The van der Waals surface area contributed by atoms with Gasteiger partial charge in [0.25, 0.3) is 11.8 Å². The first-order valence-electron chi connectivity index (χ1n) is 9.40. The van der Waals surface area contributed by atoms with E-state index in [-0.39, 0.29) is 19.1 Å². The highest BCUT2D eigenvalue weighted by Crippen LogP contribution is 2.23. The number of nitrogens with one attached hydrogen (secondary N) is 2. The molecule has 1 heterocycles. The number of benzene rings is 2. The summed E-state index contributed by atoms with van der Waals surface area (Å²) >= 11 is 0. The Morgan fingerprint density at radius 3 is 2.55 bits per heavy atom. The average molecular weight is 392 g/mol. The maximum absolute atomic E-state index is 11.9. The van der Waals surface area contributed by atoms with Gasteiger partial charge in [-0.15, -0.1) is 0 Å². The van der Waals surface area contributed by atoms with Crippen LogP contribution in [0.4, 0.5) is 0 Å². The third kappa shape index (κ3) is 5.44. The maximum atomic E-state index is 11.9. The van der Waals surface area contributed by atoms with Gasteiger partial charge in [-0.3, -0.25) is 9.59 Å². The van der Waals surface area contributed by atoms with Crippen LogP contribution in [0, 0.1) is 0 Å². The van der Waals surface area contributed by atoms with Crippen LogP contribution in [-0.4, -0.2) is 35.7 Å². The summed E-state index contributed by atoms with van der Waals surface area (Å²) in [5.41, 5.74) is 4.45. The molecule has 2 N–H and O–H groups in total. The van der Waals surface area contributed by atoms with E-state index in [2.05, 4.69) is 40.3 Å². The van der Waals surface area contributed by atoms with Crippen LogP contribution in [0.2, 0.25) is 0 Å². The molecule has 2 amide bonds. The zero-order valence-electron chi connectivity index (χ0n) is 16.5. The van der Waals surface area contributed by atoms with Crippen molar-refractivity contribution in [2.75, 3.05) is 13.2 Å². The topological polar surface area (TPSA) is 84.7 Å². The van der Waals surface area contributed by atoms with Crippen LogP contribution < -0.4 is 15.5 Å². The van der Waals surface area contributed by atoms with E-state index in [0.29, 0.717) is 11.8 Å². The van der Waals surface area contributed by atoms with E-state index in [4.69, 9.17) is 4.74 Å². The molecule has 150 valence electrons. The molecule has 0 radical (unpaired) electrons. The molecule has 0 saturated heterocycles. The van der Waals surface area contributed by atoms with Gasteiger partial charge in [-0.05, 0) is 32.0 Å². The third-order valence-corrected chi connectivity index (χ3v) is 4.28. The standard InChI is InChI=1S/C22H24N4O3/c1-16(2)26-14-17(19-10-6-7-11-20(19)26)12-24-25-21(27)13-23-22(28)15-29-18-8-4-3-5-9-18/h3-12,14,16H,13,15H2,1-2H3,(H,23,28)(H,25,27)/b24-12-. The lowest BCUT2D eigenvalue weighted by atomic mass is 10.2. The Morgan fingerprint density at radius 2 is 1.79 bits per heavy atom. The van der Waals surface area contributed by atoms with Crippen LogP contribution in [-0.2, 0) is 9.59 Å². The molecular formula is C22H24N4O3. The zero-order valence-corrected chi connectivity index (χ0v) is 16.5. The second-order valence-corrected chi connectivity index (χ2v) is 6.77. The number of amides is 2. The summed E-state index contributed by atoms with van der Waals surface area (Å²) in [6, 6.07) is 17.3. The molecular weight excluding hydrogens is 368 g/mol. The molecule has 0 fully saturated rings. The quantitative estimate of drug-likeness (QED) is 0.457. The predicted molar refractivity (Wildman–Crippen MR) is 113 cm³/mol. The molecule has 0 aliphatic carbocycles. The molecule has 7 nitrogen and oxygen atoms in total. The third-order valence-electron chi connectivity index (χ3n) is 4.28. The Balaban J connectivity index is 1.49. The average Bonchev–Trinajstić information content (AvgIpc) is 3.11. The van der Waals surface area contributed by atoms with Gasteiger partial charge in [-0.2, -0.15) is 5.10 Å². The van der Waals surface area contributed by atoms with Crippen molar-refractivity contribution in [1.29, 1.82) is 0 Å². The lowest BCUT2D eigenvalue weighted by Crippen LogP contribution is -2.37. The first-order valence-corrected chi connectivity index (χ1v) is 9.40. The lowest BCUT2D eigenvalue weighted by molar-refractivity contribution is -0.127. The molecule has 1 aromatic heterocycles. The summed E-state index contributed by atoms with van der Waals surface area (Å²) in [4.78, 5) is 23.7. The van der Waals surface area contributed by atoms with Gasteiger partial charge in [-0.1, -0.05) is 36.4 Å². The van der Waals surface area contributed by atoms with Crippen molar-refractivity contribution < 1.29 is 14.3 Å². The first kappa shape index (κ1) is 20.1. The number of nitrogens with zero attached hydrogens (tertiary/aromatic N) is 2. The van der Waals surface area contributed by atoms with E-state index in [0.717, 1.165) is 16.5 Å². The maximum Gasteiger partial charge on any atom is 0.259 e. The number of hydrogen-bond acceptors (Lipinski definition) is 4. The number of hydrogen-bond donors (Lipinski definition) is 2. The molecule has 0 bridgehead atoms. The molecule has 0 spiro atoms. The van der Waals surface area contributed by atoms with Gasteiger partial charge in [0.1, 0.15) is 5.75 Å². The van der Waals surface area contributed by atoms with Crippen LogP contribution in [0.3, 0.4) is 0 Å². The van der Waals surface area contributed by atoms with Gasteiger partial charge in [0, 0.05) is 28.7 Å². The van der Waals surface area contributed by atoms with Crippen LogP contribution in [0.25, 0.3) is 10.9 Å². The second kappa shape index (κ2) is 9.54. The SMILES string of the molecule is CC(C)n1cc(/C=N\NC(=O)CNC(=O)COc2ccccc2)c2ccccc21. The summed E-state index contributed by atoms with van der Waals surface area (Å²) in [7, 11) is 0. The number of carbonyl (C=O) groups excluding carboxylic acids is 2. The van der Waals surface area contributed by atoms with Gasteiger partial charge >= 0.3 is 0 Å². The number of aromatic nitrogens is 1. The largest absolute Gasteiger partial charge is 0.484 e. The Bertz CT molecular complexity index is 1010. The Morgan fingerprint density at radius 1 is 1.07 bits per heavy atom. The molecule has 29 heavy (non-hydrogen) atoms. The van der Waals surface area contributed by atoms with Gasteiger partial charge in [0.15, 0.2) is 6.61 Å². The van der Waals surface area contributed by atoms with E-state index in [9.17, 15) is 9.59 Å². The molecule has 7 heteroatoms. The van der Waals surface area contributed by atoms with E-state index in [1.54, 1.807) is 18.3 Å². The van der Waals surface area contributed by atoms with Crippen LogP contribution >= 0.6 is 0 Å².